The van der Waals surface area contributed by atoms with Crippen LogP contribution in [0.2, 0.25) is 0 Å². The predicted molar refractivity (Wildman–Crippen MR) is 540 cm³/mol. The lowest BCUT2D eigenvalue weighted by atomic mass is 10.1. The largest absolute Gasteiger partial charge is 0.508 e. The van der Waals surface area contributed by atoms with Crippen molar-refractivity contribution >= 4 is 63.8 Å². The van der Waals surface area contributed by atoms with E-state index in [1.54, 1.807) is 24.3 Å². The summed E-state index contributed by atoms with van der Waals surface area (Å²) in [7, 11) is 0. The molecule has 4 unspecified atom stereocenters. The van der Waals surface area contributed by atoms with Gasteiger partial charge in [-0.2, -0.15) is 0 Å². The number of carbonyl (C=O) groups excluding carboxylic acids is 5. The number of amides is 4. The molecule has 0 spiro atoms. The number of hydrogen-bond acceptors (Lipinski definition) is 23. The van der Waals surface area contributed by atoms with Crippen molar-refractivity contribution in [2.75, 3.05) is 79.0 Å². The summed E-state index contributed by atoms with van der Waals surface area (Å²) in [6.45, 7) is 11.8. The van der Waals surface area contributed by atoms with Crippen LogP contribution in [0, 0.1) is 19.8 Å². The van der Waals surface area contributed by atoms with Crippen LogP contribution < -0.4 is 47.8 Å². The van der Waals surface area contributed by atoms with Gasteiger partial charge in [-0.15, -0.1) is 17.0 Å². The maximum absolute atomic E-state index is 11.6. The van der Waals surface area contributed by atoms with Crippen LogP contribution in [0.1, 0.15) is 178 Å². The minimum atomic E-state index is -0.864. The molecule has 9 aromatic carbocycles. The molecule has 0 aromatic heterocycles. The first kappa shape index (κ1) is 123. The fourth-order valence-corrected chi connectivity index (χ4v) is 11.7. The summed E-state index contributed by atoms with van der Waals surface area (Å²) in [6.07, 6.45) is 16.3. The molecule has 0 bridgehead atoms. The Balaban J connectivity index is 0.000000785. The number of phenols is 2. The number of hydrogen-bond donors (Lipinski definition) is 16. The summed E-state index contributed by atoms with van der Waals surface area (Å²) in [5.41, 5.74) is 33.8. The number of aliphatic hydroxyl groups is 7. The molecule has 28 nitrogen and oxygen atoms in total. The van der Waals surface area contributed by atoms with Crippen molar-refractivity contribution in [2.24, 2.45) is 28.9 Å². The predicted octanol–water partition coefficient (Wildman–Crippen LogP) is 15.3. The Labute approximate surface area is 819 Å². The van der Waals surface area contributed by atoms with Crippen LogP contribution in [0.15, 0.2) is 231 Å². The van der Waals surface area contributed by atoms with E-state index in [0.29, 0.717) is 62.1 Å². The zero-order valence-electron chi connectivity index (χ0n) is 79.5. The molecule has 4 atom stereocenters. The van der Waals surface area contributed by atoms with Gasteiger partial charge in [0.1, 0.15) is 86.2 Å². The Morgan fingerprint density at radius 2 is 0.676 bits per heavy atom. The van der Waals surface area contributed by atoms with E-state index in [1.165, 1.54) is 44.5 Å². The highest BCUT2D eigenvalue weighted by molar-refractivity contribution is 8.93. The monoisotopic (exact) mass is 1970 g/mol. The van der Waals surface area contributed by atoms with Crippen LogP contribution in [-0.2, 0) is 91.5 Å². The van der Waals surface area contributed by atoms with E-state index < -0.39 is 30.4 Å². The number of primary amides is 2. The van der Waals surface area contributed by atoms with E-state index in [4.69, 9.17) is 99.1 Å². The van der Waals surface area contributed by atoms with E-state index in [9.17, 15) is 39.0 Å². The fraction of sp³-hybridized carbons (Fsp3) is 0.434. The number of aliphatic hydroxyl groups excluding tert-OH is 7. The molecule has 1 aliphatic rings. The Bertz CT molecular complexity index is 4270. The van der Waals surface area contributed by atoms with Crippen molar-refractivity contribution in [3.05, 3.63) is 292 Å². The summed E-state index contributed by atoms with van der Waals surface area (Å²) in [6, 6.07) is 73.1. The third kappa shape index (κ3) is 71.5. The molecule has 0 radical (unpaired) electrons. The molecule has 1 aliphatic heterocycles. The summed E-state index contributed by atoms with van der Waals surface area (Å²) in [5, 5.41) is 93.5. The third-order valence-electron chi connectivity index (χ3n) is 19.6. The zero-order valence-corrected chi connectivity index (χ0v) is 81.9. The third-order valence-corrected chi connectivity index (χ3v) is 19.8. The van der Waals surface area contributed by atoms with E-state index in [-0.39, 0.29) is 117 Å². The highest BCUT2D eigenvalue weighted by Crippen LogP contribution is 2.20. The van der Waals surface area contributed by atoms with Gasteiger partial charge in [-0.05, 0) is 277 Å². The van der Waals surface area contributed by atoms with Crippen molar-refractivity contribution in [1.29, 1.82) is 0 Å². The van der Waals surface area contributed by atoms with Gasteiger partial charge in [-0.25, -0.2) is 9.59 Å². The van der Waals surface area contributed by atoms with Crippen LogP contribution in [0.3, 0.4) is 0 Å². The molecule has 4 amide bonds. The van der Waals surface area contributed by atoms with Gasteiger partial charge >= 0.3 is 18.2 Å². The van der Waals surface area contributed by atoms with Gasteiger partial charge in [0.05, 0.1) is 33.0 Å². The summed E-state index contributed by atoms with van der Waals surface area (Å²) in [4.78, 5) is 64.4. The number of unbranched alkanes of at least 4 members (excludes halogenated alkanes) is 4. The number of halogens is 2. The van der Waals surface area contributed by atoms with Crippen molar-refractivity contribution in [1.82, 2.24) is 10.6 Å². The van der Waals surface area contributed by atoms with Gasteiger partial charge in [0.2, 0.25) is 17.1 Å². The minimum absolute atomic E-state index is 0. The second kappa shape index (κ2) is 80.1. The number of nitrogens with one attached hydrogen (secondary N) is 2. The van der Waals surface area contributed by atoms with E-state index in [2.05, 4.69) is 84.7 Å². The number of epoxide rings is 1. The molecule has 10 rings (SSSR count). The Morgan fingerprint density at radius 3 is 0.919 bits per heavy atom. The lowest BCUT2D eigenvalue weighted by Crippen LogP contribution is -2.25. The maximum Gasteiger partial charge on any atom is 0.407 e. The molecule has 1 fully saturated rings. The zero-order chi connectivity index (χ0) is 99.3. The van der Waals surface area contributed by atoms with Gasteiger partial charge in [-0.3, -0.25) is 19.2 Å². The van der Waals surface area contributed by atoms with Crippen molar-refractivity contribution < 1.29 is 108 Å². The molecular weight excluding hydrogens is 1820 g/mol. The SMILES string of the molecule is Br.CC(C)CCC(=O)Cl.Cc1ccc(CCCC(=O)O)cc1.Cc1ccc(CCCC(N)=O)cc1.NC(=O)CCCc1ccc(O)cc1.NCCCCc1ccc(OCC(O)CO)cc1.NCCCCc1ccc(OCC(O)CO)cc1.O=C(NCCCCc1ccc(O)cc1)OCc1ccccc1.O=C(NCCCCc1ccc(OCC(O)CO)cc1)OCc1ccccc1.OCC1CO1. The smallest absolute Gasteiger partial charge is 0.407 e. The molecule has 750 valence electrons. The number of phenolic OH excluding ortho intramolecular Hbond substituents is 2. The van der Waals surface area contributed by atoms with Gasteiger partial charge in [-0.1, -0.05) is 195 Å². The number of alkyl carbamates (subject to hydrolysis) is 2. The molecule has 136 heavy (non-hydrogen) atoms. The molecule has 9 aromatic rings. The average molecular weight is 1980 g/mol. The minimum Gasteiger partial charge on any atom is -0.508 e. The fourth-order valence-electron chi connectivity index (χ4n) is 11.6. The van der Waals surface area contributed by atoms with Crippen LogP contribution in [0.4, 0.5) is 9.59 Å². The number of aromatic hydroxyl groups is 2. The number of carbonyl (C=O) groups is 6. The lowest BCUT2D eigenvalue weighted by molar-refractivity contribution is -0.137. The molecule has 1 heterocycles. The number of nitrogens with two attached hydrogens (primary N) is 4. The molecule has 30 heteroatoms. The summed E-state index contributed by atoms with van der Waals surface area (Å²) in [5.74, 6) is 2.01. The Morgan fingerprint density at radius 1 is 0.397 bits per heavy atom. The van der Waals surface area contributed by atoms with E-state index >= 15 is 0 Å². The molecule has 1 saturated heterocycles. The quantitative estimate of drug-likeness (QED) is 0.00956. The van der Waals surface area contributed by atoms with Gasteiger partial charge < -0.3 is 113 Å². The van der Waals surface area contributed by atoms with Crippen LogP contribution in [0.25, 0.3) is 0 Å². The van der Waals surface area contributed by atoms with Crippen LogP contribution in [0.5, 0.6) is 28.7 Å². The van der Waals surface area contributed by atoms with E-state index in [1.807, 2.05) is 165 Å². The second-order valence-corrected chi connectivity index (χ2v) is 32.8. The van der Waals surface area contributed by atoms with Crippen LogP contribution in [-0.4, -0.2) is 190 Å². The normalized spacial score (nSPS) is 11.7. The van der Waals surface area contributed by atoms with Crippen molar-refractivity contribution in [2.45, 2.75) is 213 Å². The molecule has 0 aliphatic carbocycles. The van der Waals surface area contributed by atoms with Crippen molar-refractivity contribution in [3.8, 4) is 28.7 Å². The van der Waals surface area contributed by atoms with Gasteiger partial charge in [0.25, 0.3) is 0 Å². The number of carboxylic acids is 1. The highest BCUT2D eigenvalue weighted by atomic mass is 79.9. The first-order valence-electron chi connectivity index (χ1n) is 46.2. The number of ether oxygens (including phenoxy) is 6. The number of carboxylic acid groups (broad SMARTS) is 1. The molecular formula is C106H150BrClN6O22. The highest BCUT2D eigenvalue weighted by Gasteiger charge is 2.20. The maximum atomic E-state index is 11.6. The number of aryl methyl sites for hydroxylation is 9. The van der Waals surface area contributed by atoms with Gasteiger partial charge in [0, 0.05) is 38.8 Å². The van der Waals surface area contributed by atoms with E-state index in [0.717, 1.165) is 158 Å². The number of benzene rings is 9. The van der Waals surface area contributed by atoms with Crippen molar-refractivity contribution in [3.63, 3.8) is 0 Å². The second-order valence-electron chi connectivity index (χ2n) is 32.4. The number of rotatable bonds is 50. The van der Waals surface area contributed by atoms with Gasteiger partial charge in [0.15, 0.2) is 0 Å². The average Bonchev–Trinajstić information content (AvgIpc) is 1.03. The Kier molecular flexibility index (Phi) is 72.4. The Hall–Kier alpha value is -11.0. The molecule has 20 N–H and O–H groups in total. The topological polar surface area (TPSA) is 492 Å². The first-order valence-corrected chi connectivity index (χ1v) is 46.6. The number of aliphatic carboxylic acids is 1. The van der Waals surface area contributed by atoms with Crippen LogP contribution >= 0.6 is 28.6 Å². The lowest BCUT2D eigenvalue weighted by Gasteiger charge is -2.10. The standard InChI is InChI=1S/C21H27NO5.C18H21NO3.2C13H21NO3.C11H15NO.C11H14O2.C10H13NO2.C6H11ClO.C3H6O2.BrH/c23-14-19(24)16-26-20-11-9-17(10-12-20)6-4-5-13-22-21(25)27-15-18-7-2-1-3-8-18;20-17-11-9-15(10-12-17)6-4-5-13-19-18(21)22-14-16-7-2-1-3-8-16;2*14-8-2-1-3-11-4-6-13(7-5-11)17-10-12(16)9-15;2*1-9-5-7-10(8-6-9)3-2-4-11(12)13;11-10(13)3-1-2-8-4-6-9(12)7-5-8;1-5(2)3-4-6(7)8;4-1-3-2-5-3;/h1-3,7-12,19,23-24H,4-6,13-16H2,(H,22,25);1-3,7-12,20H,4-6,13-14H2,(H,19,21);2*4-7,12,15-16H,1-3,8-10,14H2;5-8H,2-4H2,1H3,(H2,12,13);5-8H,2-4H2,1H3,(H,12,13);4-7,12H,1-3H2,(H2,11,13);5H,3-4H2,1-2H3;3-4H,1-2H2;1H. The first-order chi connectivity index (χ1) is 65.0. The molecule has 0 saturated carbocycles. The summed E-state index contributed by atoms with van der Waals surface area (Å²) >= 11 is 5.08. The summed E-state index contributed by atoms with van der Waals surface area (Å²) < 4.78 is 30.9.